The van der Waals surface area contributed by atoms with Crippen molar-refractivity contribution in [2.45, 2.75) is 18.9 Å². The summed E-state index contributed by atoms with van der Waals surface area (Å²) in [7, 11) is 0. The minimum atomic E-state index is -0.496. The molecule has 1 aromatic rings. The highest BCUT2D eigenvalue weighted by atomic mass is 19.1. The lowest BCUT2D eigenvalue weighted by Crippen LogP contribution is -2.48. The van der Waals surface area contributed by atoms with Crippen molar-refractivity contribution < 1.29 is 14.3 Å². The SMILES string of the molecule is O=C(CN1CCN(C2CC2)CC1)c1cc(F)ccc1O. The Morgan fingerprint density at radius 3 is 2.60 bits per heavy atom. The van der Waals surface area contributed by atoms with Crippen molar-refractivity contribution in [1.82, 2.24) is 9.80 Å². The molecule has 20 heavy (non-hydrogen) atoms. The number of carbonyl (C=O) groups excluding carboxylic acids is 1. The van der Waals surface area contributed by atoms with Gasteiger partial charge in [0.25, 0.3) is 0 Å². The zero-order valence-corrected chi connectivity index (χ0v) is 11.4. The van der Waals surface area contributed by atoms with Crippen molar-refractivity contribution in [3.05, 3.63) is 29.6 Å². The molecule has 4 nitrogen and oxygen atoms in total. The number of halogens is 1. The van der Waals surface area contributed by atoms with Crippen LogP contribution in [0.5, 0.6) is 5.75 Å². The molecule has 0 unspecified atom stereocenters. The molecule has 5 heteroatoms. The van der Waals surface area contributed by atoms with E-state index in [0.717, 1.165) is 44.4 Å². The van der Waals surface area contributed by atoms with E-state index in [9.17, 15) is 14.3 Å². The zero-order valence-electron chi connectivity index (χ0n) is 11.4. The fraction of sp³-hybridized carbons (Fsp3) is 0.533. The van der Waals surface area contributed by atoms with E-state index >= 15 is 0 Å². The quantitative estimate of drug-likeness (QED) is 0.848. The van der Waals surface area contributed by atoms with Crippen molar-refractivity contribution in [3.8, 4) is 5.75 Å². The molecule has 2 aliphatic rings. The van der Waals surface area contributed by atoms with E-state index in [1.807, 2.05) is 0 Å². The van der Waals surface area contributed by atoms with Gasteiger partial charge in [-0.3, -0.25) is 14.6 Å². The van der Waals surface area contributed by atoms with Crippen LogP contribution < -0.4 is 0 Å². The summed E-state index contributed by atoms with van der Waals surface area (Å²) in [6.07, 6.45) is 2.60. The second kappa shape index (κ2) is 5.50. The number of nitrogens with zero attached hydrogens (tertiary/aromatic N) is 2. The van der Waals surface area contributed by atoms with Gasteiger partial charge in [0.05, 0.1) is 12.1 Å². The first-order valence-corrected chi connectivity index (χ1v) is 7.11. The second-order valence-electron chi connectivity index (χ2n) is 5.63. The first-order valence-electron chi connectivity index (χ1n) is 7.11. The molecule has 0 aromatic heterocycles. The van der Waals surface area contributed by atoms with Gasteiger partial charge in [-0.1, -0.05) is 0 Å². The molecule has 1 saturated heterocycles. The minimum Gasteiger partial charge on any atom is -0.507 e. The predicted octanol–water partition coefficient (Wildman–Crippen LogP) is 1.49. The van der Waals surface area contributed by atoms with Gasteiger partial charge in [0, 0.05) is 32.2 Å². The molecule has 0 atom stereocenters. The van der Waals surface area contributed by atoms with Gasteiger partial charge >= 0.3 is 0 Å². The molecule has 2 fully saturated rings. The Kier molecular flexibility index (Phi) is 3.72. The van der Waals surface area contributed by atoms with Gasteiger partial charge in [0.15, 0.2) is 5.78 Å². The van der Waals surface area contributed by atoms with Gasteiger partial charge in [0.2, 0.25) is 0 Å². The number of phenolic OH excluding ortho intramolecular Hbond substituents is 1. The summed E-state index contributed by atoms with van der Waals surface area (Å²) in [6.45, 7) is 3.95. The standard InChI is InChI=1S/C15H19FN2O2/c16-11-1-4-14(19)13(9-11)15(20)10-17-5-7-18(8-6-17)12-2-3-12/h1,4,9,12,19H,2-3,5-8,10H2. The fourth-order valence-corrected chi connectivity index (χ4v) is 2.75. The summed E-state index contributed by atoms with van der Waals surface area (Å²) in [5, 5.41) is 9.64. The number of phenols is 1. The number of carbonyl (C=O) groups is 1. The third kappa shape index (κ3) is 2.99. The van der Waals surface area contributed by atoms with Gasteiger partial charge < -0.3 is 5.11 Å². The Bertz CT molecular complexity index is 509. The summed E-state index contributed by atoms with van der Waals surface area (Å²) >= 11 is 0. The maximum absolute atomic E-state index is 13.1. The van der Waals surface area contributed by atoms with Crippen molar-refractivity contribution in [1.29, 1.82) is 0 Å². The average Bonchev–Trinajstić information content (AvgIpc) is 3.27. The molecule has 1 N–H and O–H groups in total. The normalized spacial score (nSPS) is 21.1. The van der Waals surface area contributed by atoms with Gasteiger partial charge in [-0.05, 0) is 31.0 Å². The third-order valence-corrected chi connectivity index (χ3v) is 4.10. The van der Waals surface area contributed by atoms with Crippen LogP contribution in [0.15, 0.2) is 18.2 Å². The number of piperazine rings is 1. The van der Waals surface area contributed by atoms with Crippen LogP contribution in [0.4, 0.5) is 4.39 Å². The van der Waals surface area contributed by atoms with E-state index in [0.29, 0.717) is 0 Å². The van der Waals surface area contributed by atoms with Gasteiger partial charge in [-0.25, -0.2) is 4.39 Å². The number of benzene rings is 1. The lowest BCUT2D eigenvalue weighted by molar-refractivity contribution is 0.0841. The highest BCUT2D eigenvalue weighted by Gasteiger charge is 2.31. The molecule has 1 heterocycles. The van der Waals surface area contributed by atoms with Crippen LogP contribution in [0.3, 0.4) is 0 Å². The van der Waals surface area contributed by atoms with Crippen molar-refractivity contribution in [2.24, 2.45) is 0 Å². The minimum absolute atomic E-state index is 0.0784. The smallest absolute Gasteiger partial charge is 0.180 e. The molecule has 1 aliphatic heterocycles. The van der Waals surface area contributed by atoms with Crippen LogP contribution in [-0.2, 0) is 0 Å². The molecule has 1 aromatic carbocycles. The summed E-state index contributed by atoms with van der Waals surface area (Å²) in [5.74, 6) is -0.861. The highest BCUT2D eigenvalue weighted by molar-refractivity contribution is 6.00. The molecule has 0 amide bonds. The first kappa shape index (κ1) is 13.5. The lowest BCUT2D eigenvalue weighted by Gasteiger charge is -2.34. The summed E-state index contributed by atoms with van der Waals surface area (Å²) in [4.78, 5) is 16.7. The maximum atomic E-state index is 13.1. The third-order valence-electron chi connectivity index (χ3n) is 4.10. The van der Waals surface area contributed by atoms with Gasteiger partial charge in [-0.2, -0.15) is 0 Å². The lowest BCUT2D eigenvalue weighted by atomic mass is 10.1. The van der Waals surface area contributed by atoms with Gasteiger partial charge in [0.1, 0.15) is 11.6 Å². The van der Waals surface area contributed by atoms with Crippen LogP contribution in [-0.4, -0.2) is 59.5 Å². The molecule has 108 valence electrons. The van der Waals surface area contributed by atoms with Crippen molar-refractivity contribution in [2.75, 3.05) is 32.7 Å². The Labute approximate surface area is 117 Å². The van der Waals surface area contributed by atoms with Crippen LogP contribution >= 0.6 is 0 Å². The van der Waals surface area contributed by atoms with Crippen molar-refractivity contribution >= 4 is 5.78 Å². The fourth-order valence-electron chi connectivity index (χ4n) is 2.75. The Balaban J connectivity index is 1.57. The van der Waals surface area contributed by atoms with E-state index < -0.39 is 5.82 Å². The average molecular weight is 278 g/mol. The second-order valence-corrected chi connectivity index (χ2v) is 5.63. The summed E-state index contributed by atoms with van der Waals surface area (Å²) in [5.41, 5.74) is 0.0784. The van der Waals surface area contributed by atoms with Crippen molar-refractivity contribution in [3.63, 3.8) is 0 Å². The molecular weight excluding hydrogens is 259 g/mol. The molecular formula is C15H19FN2O2. The monoisotopic (exact) mass is 278 g/mol. The molecule has 1 aliphatic carbocycles. The molecule has 0 spiro atoms. The first-order chi connectivity index (χ1) is 9.63. The molecule has 0 bridgehead atoms. The largest absolute Gasteiger partial charge is 0.507 e. The molecule has 3 rings (SSSR count). The molecule has 0 radical (unpaired) electrons. The van der Waals surface area contributed by atoms with Crippen LogP contribution in [0.1, 0.15) is 23.2 Å². The number of hydrogen-bond donors (Lipinski definition) is 1. The maximum Gasteiger partial charge on any atom is 0.180 e. The van der Waals surface area contributed by atoms with E-state index in [1.54, 1.807) is 0 Å². The van der Waals surface area contributed by atoms with E-state index in [1.165, 1.54) is 18.9 Å². The Morgan fingerprint density at radius 2 is 1.95 bits per heavy atom. The highest BCUT2D eigenvalue weighted by Crippen LogP contribution is 2.27. The summed E-state index contributed by atoms with van der Waals surface area (Å²) in [6, 6.07) is 4.26. The number of hydrogen-bond acceptors (Lipinski definition) is 4. The Morgan fingerprint density at radius 1 is 1.25 bits per heavy atom. The van der Waals surface area contributed by atoms with Gasteiger partial charge in [-0.15, -0.1) is 0 Å². The predicted molar refractivity (Wildman–Crippen MR) is 73.4 cm³/mol. The van der Waals surface area contributed by atoms with Crippen LogP contribution in [0.2, 0.25) is 0 Å². The Hall–Kier alpha value is -1.46. The number of aromatic hydroxyl groups is 1. The van der Waals surface area contributed by atoms with Crippen LogP contribution in [0, 0.1) is 5.82 Å². The topological polar surface area (TPSA) is 43.8 Å². The van der Waals surface area contributed by atoms with E-state index in [2.05, 4.69) is 9.80 Å². The van der Waals surface area contributed by atoms with Crippen LogP contribution in [0.25, 0.3) is 0 Å². The summed E-state index contributed by atoms with van der Waals surface area (Å²) < 4.78 is 13.1. The molecule has 1 saturated carbocycles. The van der Waals surface area contributed by atoms with E-state index in [4.69, 9.17) is 0 Å². The van der Waals surface area contributed by atoms with E-state index in [-0.39, 0.29) is 23.6 Å². The number of rotatable bonds is 4. The number of Topliss-reactive ketones (excluding diaryl/α,β-unsaturated/α-hetero) is 1. The zero-order chi connectivity index (χ0) is 14.1. The number of ketones is 1.